The number of hydrogen-bond acceptors (Lipinski definition) is 2. The molecule has 14 heavy (non-hydrogen) atoms. The zero-order chi connectivity index (χ0) is 10.1. The largest absolute Gasteiger partial charge is 0.368 e. The molecule has 0 aromatic heterocycles. The third-order valence-corrected chi connectivity index (χ3v) is 2.80. The number of carbonyl (C=O) groups excluding carboxylic acids is 1. The highest BCUT2D eigenvalue weighted by Crippen LogP contribution is 2.20. The Hall–Kier alpha value is -1.35. The zero-order valence-electron chi connectivity index (χ0n) is 8.21. The molecule has 3 N–H and O–H groups in total. The number of nitrogens with two attached hydrogens (primary N) is 1. The molecule has 1 aromatic carbocycles. The van der Waals surface area contributed by atoms with Crippen molar-refractivity contribution < 1.29 is 4.79 Å². The summed E-state index contributed by atoms with van der Waals surface area (Å²) in [6, 6.07) is 6.00. The fourth-order valence-corrected chi connectivity index (χ4v) is 1.93. The third-order valence-electron chi connectivity index (χ3n) is 2.80. The minimum Gasteiger partial charge on any atom is -0.368 e. The van der Waals surface area contributed by atoms with Crippen LogP contribution in [-0.4, -0.2) is 11.9 Å². The van der Waals surface area contributed by atoms with Gasteiger partial charge in [0.05, 0.1) is 6.04 Å². The van der Waals surface area contributed by atoms with Crippen LogP contribution in [-0.2, 0) is 17.8 Å². The molecule has 0 bridgehead atoms. The monoisotopic (exact) mass is 190 g/mol. The summed E-state index contributed by atoms with van der Waals surface area (Å²) < 4.78 is 0. The molecule has 3 nitrogen and oxygen atoms in total. The van der Waals surface area contributed by atoms with Gasteiger partial charge in [0.25, 0.3) is 0 Å². The minimum atomic E-state index is -0.265. The molecular weight excluding hydrogens is 176 g/mol. The van der Waals surface area contributed by atoms with Gasteiger partial charge < -0.3 is 11.1 Å². The molecule has 0 saturated heterocycles. The first-order valence-electron chi connectivity index (χ1n) is 4.78. The Kier molecular flexibility index (Phi) is 2.25. The lowest BCUT2D eigenvalue weighted by molar-refractivity contribution is -0.120. The van der Waals surface area contributed by atoms with Gasteiger partial charge in [0.15, 0.2) is 0 Å². The van der Waals surface area contributed by atoms with E-state index < -0.39 is 0 Å². The summed E-state index contributed by atoms with van der Waals surface area (Å²) in [4.78, 5) is 11.0. The normalized spacial score (nSPS) is 20.2. The van der Waals surface area contributed by atoms with E-state index in [-0.39, 0.29) is 11.9 Å². The highest BCUT2D eigenvalue weighted by Gasteiger charge is 2.22. The standard InChI is InChI=1S/C11H14N2O/c1-7-3-2-4-8-6-13-10(11(12)14)5-9(7)8/h2-4,10,13H,5-6H2,1H3,(H2,12,14)/t10-/m0/s1. The van der Waals surface area contributed by atoms with Crippen LogP contribution >= 0.6 is 0 Å². The molecule has 1 aromatic rings. The van der Waals surface area contributed by atoms with E-state index in [1.54, 1.807) is 0 Å². The number of nitrogens with one attached hydrogen (secondary N) is 1. The predicted octanol–water partition coefficient (Wildman–Crippen LogP) is 0.495. The van der Waals surface area contributed by atoms with Crippen LogP contribution in [0.3, 0.4) is 0 Å². The number of amides is 1. The predicted molar refractivity (Wildman–Crippen MR) is 54.7 cm³/mol. The molecule has 0 fully saturated rings. The van der Waals surface area contributed by atoms with Crippen molar-refractivity contribution in [1.82, 2.24) is 5.32 Å². The third kappa shape index (κ3) is 1.51. The smallest absolute Gasteiger partial charge is 0.234 e. The Morgan fingerprint density at radius 3 is 3.07 bits per heavy atom. The van der Waals surface area contributed by atoms with Crippen LogP contribution in [0.15, 0.2) is 18.2 Å². The molecule has 0 spiro atoms. The zero-order valence-corrected chi connectivity index (χ0v) is 8.21. The number of rotatable bonds is 1. The van der Waals surface area contributed by atoms with E-state index in [0.717, 1.165) is 13.0 Å². The summed E-state index contributed by atoms with van der Waals surface area (Å²) in [5.41, 5.74) is 9.07. The van der Waals surface area contributed by atoms with Gasteiger partial charge in [0.2, 0.25) is 5.91 Å². The Morgan fingerprint density at radius 2 is 2.36 bits per heavy atom. The van der Waals surface area contributed by atoms with Crippen LogP contribution in [0.1, 0.15) is 16.7 Å². The SMILES string of the molecule is Cc1cccc2c1C[C@@H](C(N)=O)NC2. The molecule has 0 aliphatic carbocycles. The second kappa shape index (κ2) is 3.42. The fraction of sp³-hybridized carbons (Fsp3) is 0.364. The summed E-state index contributed by atoms with van der Waals surface area (Å²) in [7, 11) is 0. The molecule has 1 aliphatic heterocycles. The second-order valence-corrected chi connectivity index (χ2v) is 3.75. The highest BCUT2D eigenvalue weighted by molar-refractivity contribution is 5.80. The summed E-state index contributed by atoms with van der Waals surface area (Å²) in [6.45, 7) is 2.81. The number of fused-ring (bicyclic) bond motifs is 1. The molecule has 1 aliphatic rings. The van der Waals surface area contributed by atoms with E-state index in [0.29, 0.717) is 0 Å². The van der Waals surface area contributed by atoms with E-state index in [4.69, 9.17) is 5.73 Å². The van der Waals surface area contributed by atoms with Gasteiger partial charge in [-0.25, -0.2) is 0 Å². The summed E-state index contributed by atoms with van der Waals surface area (Å²) >= 11 is 0. The average molecular weight is 190 g/mol. The van der Waals surface area contributed by atoms with Gasteiger partial charge >= 0.3 is 0 Å². The van der Waals surface area contributed by atoms with Crippen molar-refractivity contribution in [3.8, 4) is 0 Å². The first kappa shape index (κ1) is 9.21. The van der Waals surface area contributed by atoms with Crippen molar-refractivity contribution in [1.29, 1.82) is 0 Å². The first-order valence-corrected chi connectivity index (χ1v) is 4.78. The molecule has 1 atom stereocenters. The van der Waals surface area contributed by atoms with E-state index in [1.165, 1.54) is 16.7 Å². The van der Waals surface area contributed by atoms with Crippen LogP contribution in [0.25, 0.3) is 0 Å². The molecule has 2 rings (SSSR count). The summed E-state index contributed by atoms with van der Waals surface area (Å²) in [6.07, 6.45) is 0.720. The number of primary amides is 1. The van der Waals surface area contributed by atoms with Gasteiger partial charge in [0.1, 0.15) is 0 Å². The van der Waals surface area contributed by atoms with Gasteiger partial charge in [-0.2, -0.15) is 0 Å². The quantitative estimate of drug-likeness (QED) is 0.677. The Labute approximate surface area is 83.3 Å². The maximum absolute atomic E-state index is 11.0. The van der Waals surface area contributed by atoms with Gasteiger partial charge in [-0.1, -0.05) is 18.2 Å². The molecular formula is C11H14N2O. The van der Waals surface area contributed by atoms with Gasteiger partial charge in [-0.05, 0) is 30.0 Å². The van der Waals surface area contributed by atoms with Crippen LogP contribution < -0.4 is 11.1 Å². The van der Waals surface area contributed by atoms with Crippen molar-refractivity contribution in [2.75, 3.05) is 0 Å². The molecule has 3 heteroatoms. The molecule has 1 amide bonds. The van der Waals surface area contributed by atoms with E-state index in [9.17, 15) is 4.79 Å². The van der Waals surface area contributed by atoms with Crippen molar-refractivity contribution >= 4 is 5.91 Å². The minimum absolute atomic E-state index is 0.205. The highest BCUT2D eigenvalue weighted by atomic mass is 16.1. The molecule has 0 unspecified atom stereocenters. The van der Waals surface area contributed by atoms with Crippen molar-refractivity contribution in [3.63, 3.8) is 0 Å². The number of carbonyl (C=O) groups is 1. The lowest BCUT2D eigenvalue weighted by Gasteiger charge is -2.25. The summed E-state index contributed by atoms with van der Waals surface area (Å²) in [5.74, 6) is -0.265. The molecule has 0 saturated carbocycles. The van der Waals surface area contributed by atoms with Gasteiger partial charge in [-0.15, -0.1) is 0 Å². The van der Waals surface area contributed by atoms with Crippen LogP contribution in [0.5, 0.6) is 0 Å². The van der Waals surface area contributed by atoms with Crippen LogP contribution in [0.4, 0.5) is 0 Å². The average Bonchev–Trinajstić information content (AvgIpc) is 2.18. The molecule has 74 valence electrons. The van der Waals surface area contributed by atoms with Crippen molar-refractivity contribution in [3.05, 3.63) is 34.9 Å². The second-order valence-electron chi connectivity index (χ2n) is 3.75. The van der Waals surface area contributed by atoms with Crippen LogP contribution in [0, 0.1) is 6.92 Å². The van der Waals surface area contributed by atoms with Crippen molar-refractivity contribution in [2.24, 2.45) is 5.73 Å². The van der Waals surface area contributed by atoms with Crippen LogP contribution in [0.2, 0.25) is 0 Å². The molecule has 1 heterocycles. The number of benzene rings is 1. The van der Waals surface area contributed by atoms with E-state index >= 15 is 0 Å². The topological polar surface area (TPSA) is 55.1 Å². The Balaban J connectivity index is 2.33. The Bertz CT molecular complexity index is 374. The first-order chi connectivity index (χ1) is 6.68. The lowest BCUT2D eigenvalue weighted by Crippen LogP contribution is -2.45. The molecule has 0 radical (unpaired) electrons. The fourth-order valence-electron chi connectivity index (χ4n) is 1.93. The van der Waals surface area contributed by atoms with Crippen molar-refractivity contribution in [2.45, 2.75) is 25.9 Å². The lowest BCUT2D eigenvalue weighted by atomic mass is 9.92. The van der Waals surface area contributed by atoms with Gasteiger partial charge in [0, 0.05) is 6.54 Å². The number of aryl methyl sites for hydroxylation is 1. The maximum atomic E-state index is 11.0. The van der Waals surface area contributed by atoms with Gasteiger partial charge in [-0.3, -0.25) is 4.79 Å². The van der Waals surface area contributed by atoms with E-state index in [1.807, 2.05) is 6.07 Å². The maximum Gasteiger partial charge on any atom is 0.234 e. The number of hydrogen-bond donors (Lipinski definition) is 2. The summed E-state index contributed by atoms with van der Waals surface area (Å²) in [5, 5.41) is 3.13. The Morgan fingerprint density at radius 1 is 1.57 bits per heavy atom. The van der Waals surface area contributed by atoms with E-state index in [2.05, 4.69) is 24.4 Å².